The van der Waals surface area contributed by atoms with Crippen LogP contribution in [0.15, 0.2) is 24.3 Å². The molecule has 0 aromatic heterocycles. The van der Waals surface area contributed by atoms with Gasteiger partial charge in [0.1, 0.15) is 11.9 Å². The third-order valence-electron chi connectivity index (χ3n) is 3.67. The molecule has 104 valence electrons. The van der Waals surface area contributed by atoms with Crippen LogP contribution in [0.2, 0.25) is 0 Å². The number of primary amides is 1. The fraction of sp³-hybridized carbons (Fsp3) is 0.500. The minimum Gasteiger partial charge on any atom is -0.490 e. The van der Waals surface area contributed by atoms with Crippen molar-refractivity contribution in [1.82, 2.24) is 0 Å². The molecule has 2 atom stereocenters. The Hall–Kier alpha value is -1.59. The van der Waals surface area contributed by atoms with Gasteiger partial charge in [0.05, 0.1) is 12.1 Å². The monoisotopic (exact) mass is 264 g/mol. The molecule has 5 nitrogen and oxygen atoms in total. The van der Waals surface area contributed by atoms with E-state index >= 15 is 0 Å². The lowest BCUT2D eigenvalue weighted by Gasteiger charge is -2.35. The van der Waals surface area contributed by atoms with E-state index in [0.29, 0.717) is 18.6 Å². The molecule has 0 saturated heterocycles. The van der Waals surface area contributed by atoms with E-state index in [1.807, 2.05) is 24.3 Å². The van der Waals surface area contributed by atoms with E-state index in [4.69, 9.17) is 16.2 Å². The van der Waals surface area contributed by atoms with Gasteiger partial charge in [0.25, 0.3) is 0 Å². The summed E-state index contributed by atoms with van der Waals surface area (Å²) in [6.45, 7) is -0.0769. The highest BCUT2D eigenvalue weighted by molar-refractivity contribution is 5.84. The SMILES string of the molecule is NC(=O)C1(N)CCCC(Oc2ccccc2CO)C1. The Bertz CT molecular complexity index is 464. The molecule has 1 aliphatic rings. The number of carbonyl (C=O) groups excluding carboxylic acids is 1. The van der Waals surface area contributed by atoms with Crippen LogP contribution in [0.3, 0.4) is 0 Å². The van der Waals surface area contributed by atoms with Crippen molar-refractivity contribution in [3.8, 4) is 5.75 Å². The molecule has 1 saturated carbocycles. The fourth-order valence-corrected chi connectivity index (χ4v) is 2.51. The molecule has 0 spiro atoms. The van der Waals surface area contributed by atoms with Crippen molar-refractivity contribution in [2.75, 3.05) is 0 Å². The Morgan fingerprint density at radius 2 is 2.21 bits per heavy atom. The van der Waals surface area contributed by atoms with Crippen LogP contribution in [-0.2, 0) is 11.4 Å². The van der Waals surface area contributed by atoms with Gasteiger partial charge in [-0.1, -0.05) is 18.2 Å². The number of hydrogen-bond donors (Lipinski definition) is 3. The van der Waals surface area contributed by atoms with E-state index in [0.717, 1.165) is 18.4 Å². The molecule has 1 aromatic carbocycles. The van der Waals surface area contributed by atoms with Crippen LogP contribution in [0.1, 0.15) is 31.2 Å². The van der Waals surface area contributed by atoms with Crippen molar-refractivity contribution >= 4 is 5.91 Å². The molecule has 2 rings (SSSR count). The van der Waals surface area contributed by atoms with Crippen LogP contribution in [0, 0.1) is 0 Å². The topological polar surface area (TPSA) is 98.6 Å². The van der Waals surface area contributed by atoms with Crippen molar-refractivity contribution in [2.45, 2.75) is 43.9 Å². The number of para-hydroxylation sites is 1. The maximum Gasteiger partial charge on any atom is 0.237 e. The summed E-state index contributed by atoms with van der Waals surface area (Å²) >= 11 is 0. The second kappa shape index (κ2) is 5.59. The number of aliphatic hydroxyl groups is 1. The molecule has 1 aliphatic carbocycles. The number of hydrogen-bond acceptors (Lipinski definition) is 4. The predicted molar refractivity (Wildman–Crippen MR) is 71.4 cm³/mol. The zero-order chi connectivity index (χ0) is 13.9. The molecule has 1 aromatic rings. The van der Waals surface area contributed by atoms with Gasteiger partial charge in [-0.3, -0.25) is 4.79 Å². The van der Waals surface area contributed by atoms with Gasteiger partial charge >= 0.3 is 0 Å². The first-order valence-corrected chi connectivity index (χ1v) is 6.49. The summed E-state index contributed by atoms with van der Waals surface area (Å²) in [5, 5.41) is 9.26. The minimum atomic E-state index is -0.975. The van der Waals surface area contributed by atoms with E-state index in [9.17, 15) is 9.90 Å². The molecular weight excluding hydrogens is 244 g/mol. The molecule has 1 fully saturated rings. The lowest BCUT2D eigenvalue weighted by molar-refractivity contribution is -0.125. The Balaban J connectivity index is 2.09. The van der Waals surface area contributed by atoms with E-state index in [1.54, 1.807) is 0 Å². The molecule has 0 radical (unpaired) electrons. The standard InChI is InChI=1S/C14H20N2O3/c15-13(18)14(16)7-3-5-11(8-14)19-12-6-2-1-4-10(12)9-17/h1-2,4,6,11,17H,3,5,7-9,16H2,(H2,15,18). The van der Waals surface area contributed by atoms with Crippen LogP contribution in [0.25, 0.3) is 0 Å². The van der Waals surface area contributed by atoms with Gasteiger partial charge in [0, 0.05) is 12.0 Å². The Kier molecular flexibility index (Phi) is 4.07. The van der Waals surface area contributed by atoms with Gasteiger partial charge < -0.3 is 21.3 Å². The number of benzene rings is 1. The van der Waals surface area contributed by atoms with Gasteiger partial charge in [-0.15, -0.1) is 0 Å². The second-order valence-electron chi connectivity index (χ2n) is 5.12. The first-order chi connectivity index (χ1) is 9.05. The van der Waals surface area contributed by atoms with Crippen LogP contribution in [0.4, 0.5) is 0 Å². The van der Waals surface area contributed by atoms with Crippen molar-refractivity contribution in [1.29, 1.82) is 0 Å². The average Bonchev–Trinajstić information content (AvgIpc) is 2.39. The Labute approximate surface area is 112 Å². The zero-order valence-electron chi connectivity index (χ0n) is 10.8. The number of aliphatic hydroxyl groups excluding tert-OH is 1. The van der Waals surface area contributed by atoms with Gasteiger partial charge in [-0.25, -0.2) is 0 Å². The normalized spacial score (nSPS) is 26.9. The highest BCUT2D eigenvalue weighted by atomic mass is 16.5. The molecule has 5 heteroatoms. The molecule has 5 N–H and O–H groups in total. The number of rotatable bonds is 4. The van der Waals surface area contributed by atoms with E-state index in [1.165, 1.54) is 0 Å². The van der Waals surface area contributed by atoms with Crippen LogP contribution in [0.5, 0.6) is 5.75 Å². The summed E-state index contributed by atoms with van der Waals surface area (Å²) < 4.78 is 5.88. The lowest BCUT2D eigenvalue weighted by atomic mass is 9.80. The first-order valence-electron chi connectivity index (χ1n) is 6.49. The maximum atomic E-state index is 11.4. The van der Waals surface area contributed by atoms with Gasteiger partial charge in [-0.2, -0.15) is 0 Å². The number of carbonyl (C=O) groups is 1. The summed E-state index contributed by atoms with van der Waals surface area (Å²) in [6.07, 6.45) is 2.53. The Morgan fingerprint density at radius 3 is 2.89 bits per heavy atom. The summed E-state index contributed by atoms with van der Waals surface area (Å²) in [5.74, 6) is 0.167. The maximum absolute atomic E-state index is 11.4. The molecule has 1 amide bonds. The van der Waals surface area contributed by atoms with Crippen molar-refractivity contribution < 1.29 is 14.6 Å². The molecular formula is C14H20N2O3. The summed E-state index contributed by atoms with van der Waals surface area (Å²) in [5.41, 5.74) is 11.1. The first kappa shape index (κ1) is 13.8. The van der Waals surface area contributed by atoms with Gasteiger partial charge in [0.15, 0.2) is 0 Å². The Morgan fingerprint density at radius 1 is 1.47 bits per heavy atom. The smallest absolute Gasteiger partial charge is 0.237 e. The minimum absolute atomic E-state index is 0.0769. The van der Waals surface area contributed by atoms with Crippen LogP contribution >= 0.6 is 0 Å². The molecule has 0 heterocycles. The summed E-state index contributed by atoms with van der Waals surface area (Å²) in [4.78, 5) is 11.4. The van der Waals surface area contributed by atoms with Crippen molar-refractivity contribution in [2.24, 2.45) is 11.5 Å². The van der Waals surface area contributed by atoms with E-state index < -0.39 is 11.4 Å². The summed E-state index contributed by atoms with van der Waals surface area (Å²) in [7, 11) is 0. The largest absolute Gasteiger partial charge is 0.490 e. The van der Waals surface area contributed by atoms with E-state index in [-0.39, 0.29) is 12.7 Å². The highest BCUT2D eigenvalue weighted by Crippen LogP contribution is 2.30. The summed E-state index contributed by atoms with van der Waals surface area (Å²) in [6, 6.07) is 7.31. The lowest BCUT2D eigenvalue weighted by Crippen LogP contribution is -2.56. The third-order valence-corrected chi connectivity index (χ3v) is 3.67. The fourth-order valence-electron chi connectivity index (χ4n) is 2.51. The van der Waals surface area contributed by atoms with Gasteiger partial charge in [-0.05, 0) is 25.3 Å². The van der Waals surface area contributed by atoms with Gasteiger partial charge in [0.2, 0.25) is 5.91 Å². The third kappa shape index (κ3) is 3.05. The second-order valence-corrected chi connectivity index (χ2v) is 5.12. The molecule has 0 bridgehead atoms. The van der Waals surface area contributed by atoms with Crippen molar-refractivity contribution in [3.63, 3.8) is 0 Å². The molecule has 2 unspecified atom stereocenters. The average molecular weight is 264 g/mol. The number of nitrogens with two attached hydrogens (primary N) is 2. The molecule has 0 aliphatic heterocycles. The zero-order valence-corrected chi connectivity index (χ0v) is 10.8. The highest BCUT2D eigenvalue weighted by Gasteiger charge is 2.38. The number of ether oxygens (including phenoxy) is 1. The van der Waals surface area contributed by atoms with E-state index in [2.05, 4.69) is 0 Å². The van der Waals surface area contributed by atoms with Crippen LogP contribution < -0.4 is 16.2 Å². The number of amides is 1. The quantitative estimate of drug-likeness (QED) is 0.744. The predicted octanol–water partition coefficient (Wildman–Crippen LogP) is 0.683. The molecule has 19 heavy (non-hydrogen) atoms. The van der Waals surface area contributed by atoms with Crippen molar-refractivity contribution in [3.05, 3.63) is 29.8 Å². The van der Waals surface area contributed by atoms with Crippen LogP contribution in [-0.4, -0.2) is 22.7 Å².